The predicted molar refractivity (Wildman–Crippen MR) is 140 cm³/mol. The molecular weight excluding hydrogens is 440 g/mol. The number of nitrogens with zero attached hydrogens (tertiary/aromatic N) is 5. The van der Waals surface area contributed by atoms with E-state index in [1.165, 1.54) is 0 Å². The summed E-state index contributed by atoms with van der Waals surface area (Å²) < 4.78 is 14.4. The molecular formula is C27H34N6O2. The fourth-order valence-corrected chi connectivity index (χ4v) is 4.27. The van der Waals surface area contributed by atoms with Gasteiger partial charge in [0, 0.05) is 20.5 Å². The minimum absolute atomic E-state index is 0.156. The van der Waals surface area contributed by atoms with Gasteiger partial charge in [-0.2, -0.15) is 10.2 Å². The maximum atomic E-state index is 6.68. The van der Waals surface area contributed by atoms with E-state index in [1.54, 1.807) is 0 Å². The Kier molecular flexibility index (Phi) is 7.51. The van der Waals surface area contributed by atoms with Crippen LogP contribution in [0.15, 0.2) is 48.5 Å². The molecule has 0 saturated heterocycles. The van der Waals surface area contributed by atoms with Crippen molar-refractivity contribution in [1.82, 2.24) is 25.3 Å². The van der Waals surface area contributed by atoms with Crippen molar-refractivity contribution in [1.29, 1.82) is 0 Å². The highest BCUT2D eigenvalue weighted by molar-refractivity contribution is 5.92. The van der Waals surface area contributed by atoms with Gasteiger partial charge < -0.3 is 19.7 Å². The number of hydrogen-bond acceptors (Lipinski definition) is 7. The van der Waals surface area contributed by atoms with Gasteiger partial charge in [0.2, 0.25) is 0 Å². The van der Waals surface area contributed by atoms with Crippen molar-refractivity contribution in [2.75, 3.05) is 39.2 Å². The van der Waals surface area contributed by atoms with Crippen molar-refractivity contribution in [2.24, 2.45) is 0 Å². The fourth-order valence-electron chi connectivity index (χ4n) is 4.27. The average molecular weight is 475 g/mol. The van der Waals surface area contributed by atoms with Crippen molar-refractivity contribution >= 4 is 16.7 Å². The van der Waals surface area contributed by atoms with Gasteiger partial charge >= 0.3 is 0 Å². The lowest BCUT2D eigenvalue weighted by Crippen LogP contribution is -2.17. The lowest BCUT2D eigenvalue weighted by molar-refractivity contribution is 0.193. The Morgan fingerprint density at radius 2 is 1.86 bits per heavy atom. The number of nitrogens with one attached hydrogen (secondary N) is 1. The molecule has 2 heterocycles. The lowest BCUT2D eigenvalue weighted by atomic mass is 10.1. The van der Waals surface area contributed by atoms with Crippen LogP contribution in [0.3, 0.4) is 0 Å². The second kappa shape index (κ2) is 10.7. The summed E-state index contributed by atoms with van der Waals surface area (Å²) in [7, 11) is 5.85. The first kappa shape index (κ1) is 24.5. The summed E-state index contributed by atoms with van der Waals surface area (Å²) >= 11 is 0. The Labute approximate surface area is 206 Å². The van der Waals surface area contributed by atoms with Gasteiger partial charge in [-0.1, -0.05) is 24.3 Å². The predicted octanol–water partition coefficient (Wildman–Crippen LogP) is 4.63. The van der Waals surface area contributed by atoms with Gasteiger partial charge in [-0.15, -0.1) is 5.10 Å². The first-order valence-electron chi connectivity index (χ1n) is 12.0. The zero-order chi connectivity index (χ0) is 24.9. The highest BCUT2D eigenvalue weighted by Gasteiger charge is 2.21. The molecule has 184 valence electrons. The molecule has 2 aromatic heterocycles. The highest BCUT2D eigenvalue weighted by Crippen LogP contribution is 2.34. The minimum atomic E-state index is -0.156. The molecule has 0 fully saturated rings. The topological polar surface area (TPSA) is 77.3 Å². The monoisotopic (exact) mass is 474 g/mol. The van der Waals surface area contributed by atoms with Gasteiger partial charge in [-0.05, 0) is 64.2 Å². The number of rotatable bonds is 10. The SMILES string of the molecule is CCOc1cccc(C(CCNC)Oc2ccccc2-n2nc3c(N(C)C)nnc(C)c3c2C)c1. The molecule has 0 radical (unpaired) electrons. The lowest BCUT2D eigenvalue weighted by Gasteiger charge is -2.22. The normalized spacial score (nSPS) is 12.1. The largest absolute Gasteiger partial charge is 0.494 e. The van der Waals surface area contributed by atoms with E-state index in [1.807, 2.05) is 81.0 Å². The molecule has 0 aliphatic carbocycles. The van der Waals surface area contributed by atoms with Crippen LogP contribution in [0.5, 0.6) is 11.5 Å². The highest BCUT2D eigenvalue weighted by atomic mass is 16.5. The maximum absolute atomic E-state index is 6.68. The third kappa shape index (κ3) is 5.07. The molecule has 0 bridgehead atoms. The fraction of sp³-hybridized carbons (Fsp3) is 0.370. The molecule has 2 aromatic carbocycles. The van der Waals surface area contributed by atoms with Crippen molar-refractivity contribution in [3.8, 4) is 17.2 Å². The summed E-state index contributed by atoms with van der Waals surface area (Å²) in [4.78, 5) is 1.94. The van der Waals surface area contributed by atoms with Crippen molar-refractivity contribution in [3.63, 3.8) is 0 Å². The van der Waals surface area contributed by atoms with Gasteiger partial charge in [-0.3, -0.25) is 0 Å². The number of aromatic nitrogens is 4. The molecule has 4 rings (SSSR count). The number of hydrogen-bond donors (Lipinski definition) is 1. The Hall–Kier alpha value is -3.65. The number of para-hydroxylation sites is 2. The van der Waals surface area contributed by atoms with E-state index >= 15 is 0 Å². The van der Waals surface area contributed by atoms with Crippen LogP contribution in [-0.2, 0) is 0 Å². The number of fused-ring (bicyclic) bond motifs is 1. The third-order valence-electron chi connectivity index (χ3n) is 5.97. The van der Waals surface area contributed by atoms with Crippen molar-refractivity contribution < 1.29 is 9.47 Å². The number of aryl methyl sites for hydroxylation is 2. The van der Waals surface area contributed by atoms with Crippen LogP contribution in [0.1, 0.15) is 36.4 Å². The van der Waals surface area contributed by atoms with Crippen LogP contribution >= 0.6 is 0 Å². The smallest absolute Gasteiger partial charge is 0.179 e. The third-order valence-corrected chi connectivity index (χ3v) is 5.97. The van der Waals surface area contributed by atoms with Gasteiger partial charge in [-0.25, -0.2) is 4.68 Å². The first-order valence-corrected chi connectivity index (χ1v) is 12.0. The van der Waals surface area contributed by atoms with E-state index in [0.717, 1.165) is 63.8 Å². The summed E-state index contributed by atoms with van der Waals surface area (Å²) in [5.74, 6) is 2.35. The standard InChI is InChI=1S/C27H34N6O2/c1-7-34-21-12-10-11-20(17-21)23(15-16-28-4)35-24-14-9-8-13-22(24)33-19(3)25-18(2)29-30-27(32(5)6)26(25)31-33/h8-14,17,23,28H,7,15-16H2,1-6H3. The molecule has 1 unspecified atom stereocenters. The Bertz CT molecular complexity index is 1300. The molecule has 0 aliphatic rings. The van der Waals surface area contributed by atoms with E-state index in [0.29, 0.717) is 6.61 Å². The Morgan fingerprint density at radius 1 is 1.06 bits per heavy atom. The van der Waals surface area contributed by atoms with Crippen LogP contribution in [-0.4, -0.2) is 54.3 Å². The van der Waals surface area contributed by atoms with Crippen LogP contribution in [0.4, 0.5) is 5.82 Å². The summed E-state index contributed by atoms with van der Waals surface area (Å²) in [6.45, 7) is 7.46. The van der Waals surface area contributed by atoms with Crippen LogP contribution < -0.4 is 19.7 Å². The van der Waals surface area contributed by atoms with Crippen LogP contribution in [0.2, 0.25) is 0 Å². The molecule has 1 atom stereocenters. The second-order valence-corrected chi connectivity index (χ2v) is 8.70. The first-order chi connectivity index (χ1) is 16.9. The second-order valence-electron chi connectivity index (χ2n) is 8.70. The zero-order valence-corrected chi connectivity index (χ0v) is 21.4. The van der Waals surface area contributed by atoms with Crippen LogP contribution in [0.25, 0.3) is 16.6 Å². The summed E-state index contributed by atoms with van der Waals surface area (Å²) in [6.07, 6.45) is 0.648. The molecule has 0 amide bonds. The molecule has 0 spiro atoms. The van der Waals surface area contributed by atoms with E-state index in [-0.39, 0.29) is 6.10 Å². The van der Waals surface area contributed by atoms with Crippen molar-refractivity contribution in [3.05, 3.63) is 65.5 Å². The zero-order valence-electron chi connectivity index (χ0n) is 21.4. The van der Waals surface area contributed by atoms with E-state index < -0.39 is 0 Å². The van der Waals surface area contributed by atoms with Gasteiger partial charge in [0.1, 0.15) is 28.8 Å². The Balaban J connectivity index is 1.78. The minimum Gasteiger partial charge on any atom is -0.494 e. The average Bonchev–Trinajstić information content (AvgIpc) is 3.20. The van der Waals surface area contributed by atoms with Gasteiger partial charge in [0.05, 0.1) is 23.4 Å². The van der Waals surface area contributed by atoms with Crippen LogP contribution in [0, 0.1) is 13.8 Å². The number of ether oxygens (including phenoxy) is 2. The molecule has 4 aromatic rings. The molecule has 8 heteroatoms. The van der Waals surface area contributed by atoms with Crippen molar-refractivity contribution in [2.45, 2.75) is 33.3 Å². The molecule has 1 N–H and O–H groups in total. The number of benzene rings is 2. The Morgan fingerprint density at radius 3 is 2.60 bits per heavy atom. The van der Waals surface area contributed by atoms with E-state index in [2.05, 4.69) is 34.6 Å². The molecule has 8 nitrogen and oxygen atoms in total. The summed E-state index contributed by atoms with van der Waals surface area (Å²) in [6, 6.07) is 16.2. The maximum Gasteiger partial charge on any atom is 0.179 e. The quantitative estimate of drug-likeness (QED) is 0.359. The summed E-state index contributed by atoms with van der Waals surface area (Å²) in [5.41, 5.74) is 4.62. The molecule has 0 saturated carbocycles. The van der Waals surface area contributed by atoms with E-state index in [9.17, 15) is 0 Å². The molecule has 0 aliphatic heterocycles. The molecule has 35 heavy (non-hydrogen) atoms. The van der Waals surface area contributed by atoms with E-state index in [4.69, 9.17) is 14.6 Å². The van der Waals surface area contributed by atoms with Gasteiger partial charge in [0.25, 0.3) is 0 Å². The van der Waals surface area contributed by atoms with Gasteiger partial charge in [0.15, 0.2) is 5.82 Å². The number of anilines is 1. The summed E-state index contributed by atoms with van der Waals surface area (Å²) in [5, 5.41) is 18.0.